The molecule has 0 aliphatic heterocycles. The van der Waals surface area contributed by atoms with Crippen LogP contribution in [0.1, 0.15) is 37.8 Å². The first kappa shape index (κ1) is 14.5. The molecular formula is C15H20BrNO2. The lowest BCUT2D eigenvalue weighted by atomic mass is 9.95. The van der Waals surface area contributed by atoms with E-state index in [1.807, 2.05) is 18.2 Å². The highest BCUT2D eigenvalue weighted by molar-refractivity contribution is 9.10. The number of carboxylic acid groups (broad SMARTS) is 1. The van der Waals surface area contributed by atoms with Crippen LogP contribution in [0.2, 0.25) is 0 Å². The molecule has 3 atom stereocenters. The number of benzene rings is 1. The molecule has 0 aromatic heterocycles. The van der Waals surface area contributed by atoms with E-state index in [0.29, 0.717) is 0 Å². The minimum Gasteiger partial charge on any atom is -0.481 e. The largest absolute Gasteiger partial charge is 0.481 e. The molecule has 1 fully saturated rings. The molecular weight excluding hydrogens is 306 g/mol. The van der Waals surface area contributed by atoms with Crippen molar-refractivity contribution in [1.82, 2.24) is 5.32 Å². The van der Waals surface area contributed by atoms with Crippen molar-refractivity contribution in [3.63, 3.8) is 0 Å². The van der Waals surface area contributed by atoms with Crippen molar-refractivity contribution in [3.8, 4) is 0 Å². The second-order valence-corrected chi connectivity index (χ2v) is 6.14. The summed E-state index contributed by atoms with van der Waals surface area (Å²) in [6.07, 6.45) is 2.88. The first-order valence-corrected chi connectivity index (χ1v) is 7.59. The number of aliphatic carboxylic acids is 1. The molecule has 1 saturated carbocycles. The van der Waals surface area contributed by atoms with Crippen LogP contribution >= 0.6 is 15.9 Å². The van der Waals surface area contributed by atoms with E-state index >= 15 is 0 Å². The molecule has 104 valence electrons. The third kappa shape index (κ3) is 3.57. The topological polar surface area (TPSA) is 49.3 Å². The van der Waals surface area contributed by atoms with Crippen LogP contribution in [0.4, 0.5) is 0 Å². The summed E-state index contributed by atoms with van der Waals surface area (Å²) in [4.78, 5) is 11.1. The van der Waals surface area contributed by atoms with Crippen molar-refractivity contribution < 1.29 is 9.90 Å². The molecule has 0 saturated heterocycles. The third-order valence-corrected chi connectivity index (χ3v) is 4.76. The first-order chi connectivity index (χ1) is 9.09. The van der Waals surface area contributed by atoms with Crippen LogP contribution in [0.3, 0.4) is 0 Å². The second-order valence-electron chi connectivity index (χ2n) is 5.29. The Hall–Kier alpha value is -0.870. The number of hydrogen-bond acceptors (Lipinski definition) is 2. The van der Waals surface area contributed by atoms with E-state index in [-0.39, 0.29) is 17.9 Å². The molecule has 1 aromatic rings. The molecule has 1 aliphatic carbocycles. The maximum Gasteiger partial charge on any atom is 0.306 e. The van der Waals surface area contributed by atoms with Gasteiger partial charge in [0.25, 0.3) is 0 Å². The highest BCUT2D eigenvalue weighted by Gasteiger charge is 2.32. The lowest BCUT2D eigenvalue weighted by molar-refractivity contribution is -0.142. The van der Waals surface area contributed by atoms with Gasteiger partial charge in [-0.05, 0) is 43.9 Å². The summed E-state index contributed by atoms with van der Waals surface area (Å²) in [5.74, 6) is -0.542. The predicted molar refractivity (Wildman–Crippen MR) is 79.0 cm³/mol. The van der Waals surface area contributed by atoms with Crippen molar-refractivity contribution in [3.05, 3.63) is 34.3 Å². The minimum absolute atomic E-state index is 0.168. The fraction of sp³-hybridized carbons (Fsp3) is 0.533. The molecule has 3 unspecified atom stereocenters. The SMILES string of the molecule is CC(NCC1CCCC1C(=O)O)c1ccccc1Br. The van der Waals surface area contributed by atoms with E-state index in [0.717, 1.165) is 30.3 Å². The summed E-state index contributed by atoms with van der Waals surface area (Å²) in [5.41, 5.74) is 1.22. The maximum atomic E-state index is 11.1. The Morgan fingerprint density at radius 3 is 2.89 bits per heavy atom. The van der Waals surface area contributed by atoms with Gasteiger partial charge < -0.3 is 10.4 Å². The Morgan fingerprint density at radius 2 is 2.21 bits per heavy atom. The number of halogens is 1. The van der Waals surface area contributed by atoms with Crippen LogP contribution in [0, 0.1) is 11.8 Å². The number of carboxylic acids is 1. The third-order valence-electron chi connectivity index (χ3n) is 4.03. The molecule has 2 N–H and O–H groups in total. The summed E-state index contributed by atoms with van der Waals surface area (Å²) < 4.78 is 1.09. The summed E-state index contributed by atoms with van der Waals surface area (Å²) >= 11 is 3.55. The van der Waals surface area contributed by atoms with Crippen LogP contribution in [0.25, 0.3) is 0 Å². The quantitative estimate of drug-likeness (QED) is 0.869. The van der Waals surface area contributed by atoms with Crippen LogP contribution < -0.4 is 5.32 Å². The number of rotatable bonds is 5. The van der Waals surface area contributed by atoms with Crippen LogP contribution in [-0.4, -0.2) is 17.6 Å². The summed E-state index contributed by atoms with van der Waals surface area (Å²) in [6, 6.07) is 8.37. The van der Waals surface area contributed by atoms with E-state index < -0.39 is 5.97 Å². The van der Waals surface area contributed by atoms with Gasteiger partial charge in [-0.1, -0.05) is 40.5 Å². The van der Waals surface area contributed by atoms with Crippen molar-refractivity contribution in [2.75, 3.05) is 6.54 Å². The van der Waals surface area contributed by atoms with Gasteiger partial charge in [0.05, 0.1) is 5.92 Å². The van der Waals surface area contributed by atoms with Crippen molar-refractivity contribution in [1.29, 1.82) is 0 Å². The molecule has 1 aromatic carbocycles. The highest BCUT2D eigenvalue weighted by atomic mass is 79.9. The van der Waals surface area contributed by atoms with Gasteiger partial charge in [-0.2, -0.15) is 0 Å². The van der Waals surface area contributed by atoms with Gasteiger partial charge in [0.2, 0.25) is 0 Å². The van der Waals surface area contributed by atoms with E-state index in [9.17, 15) is 9.90 Å². The van der Waals surface area contributed by atoms with Crippen LogP contribution in [-0.2, 0) is 4.79 Å². The monoisotopic (exact) mass is 325 g/mol. The first-order valence-electron chi connectivity index (χ1n) is 6.80. The minimum atomic E-state index is -0.641. The van der Waals surface area contributed by atoms with Crippen molar-refractivity contribution >= 4 is 21.9 Å². The van der Waals surface area contributed by atoms with Gasteiger partial charge in [-0.15, -0.1) is 0 Å². The molecule has 0 radical (unpaired) electrons. The van der Waals surface area contributed by atoms with Crippen molar-refractivity contribution in [2.24, 2.45) is 11.8 Å². The Labute approximate surface area is 122 Å². The van der Waals surface area contributed by atoms with E-state index in [2.05, 4.69) is 34.2 Å². The Bertz CT molecular complexity index is 450. The molecule has 0 amide bonds. The fourth-order valence-electron chi connectivity index (χ4n) is 2.87. The summed E-state index contributed by atoms with van der Waals surface area (Å²) in [7, 11) is 0. The fourth-order valence-corrected chi connectivity index (χ4v) is 3.50. The smallest absolute Gasteiger partial charge is 0.306 e. The zero-order chi connectivity index (χ0) is 13.8. The van der Waals surface area contributed by atoms with Crippen LogP contribution in [0.5, 0.6) is 0 Å². The molecule has 1 aliphatic rings. The Kier molecular flexibility index (Phi) is 4.99. The van der Waals surface area contributed by atoms with Crippen LogP contribution in [0.15, 0.2) is 28.7 Å². The van der Waals surface area contributed by atoms with Gasteiger partial charge in [0.1, 0.15) is 0 Å². The summed E-state index contributed by atoms with van der Waals surface area (Å²) in [5, 5.41) is 12.6. The molecule has 4 heteroatoms. The number of carbonyl (C=O) groups is 1. The average molecular weight is 326 g/mol. The Balaban J connectivity index is 1.92. The zero-order valence-corrected chi connectivity index (χ0v) is 12.7. The second kappa shape index (κ2) is 6.53. The molecule has 0 bridgehead atoms. The number of nitrogens with one attached hydrogen (secondary N) is 1. The lowest BCUT2D eigenvalue weighted by Gasteiger charge is -2.21. The standard InChI is InChI=1S/C15H20BrNO2/c1-10(12-6-2-3-8-14(12)16)17-9-11-5-4-7-13(11)15(18)19/h2-3,6,8,10-11,13,17H,4-5,7,9H2,1H3,(H,18,19). The zero-order valence-electron chi connectivity index (χ0n) is 11.1. The van der Waals surface area contributed by atoms with E-state index in [4.69, 9.17) is 0 Å². The number of hydrogen-bond donors (Lipinski definition) is 2. The predicted octanol–water partition coefficient (Wildman–Crippen LogP) is 3.60. The van der Waals surface area contributed by atoms with Gasteiger partial charge in [-0.3, -0.25) is 4.79 Å². The Morgan fingerprint density at radius 1 is 1.47 bits per heavy atom. The molecule has 19 heavy (non-hydrogen) atoms. The molecule has 2 rings (SSSR count). The van der Waals surface area contributed by atoms with E-state index in [1.54, 1.807) is 0 Å². The lowest BCUT2D eigenvalue weighted by Crippen LogP contribution is -2.30. The summed E-state index contributed by atoms with van der Waals surface area (Å²) in [6.45, 7) is 2.89. The highest BCUT2D eigenvalue weighted by Crippen LogP contribution is 2.32. The van der Waals surface area contributed by atoms with Gasteiger partial charge in [0.15, 0.2) is 0 Å². The maximum absolute atomic E-state index is 11.1. The van der Waals surface area contributed by atoms with Gasteiger partial charge in [0, 0.05) is 10.5 Å². The van der Waals surface area contributed by atoms with Gasteiger partial charge in [-0.25, -0.2) is 0 Å². The van der Waals surface area contributed by atoms with E-state index in [1.165, 1.54) is 5.56 Å². The molecule has 3 nitrogen and oxygen atoms in total. The average Bonchev–Trinajstić information content (AvgIpc) is 2.85. The van der Waals surface area contributed by atoms with Crippen molar-refractivity contribution in [2.45, 2.75) is 32.2 Å². The molecule has 0 heterocycles. The normalized spacial score (nSPS) is 24.3. The molecule has 0 spiro atoms. The van der Waals surface area contributed by atoms with Gasteiger partial charge >= 0.3 is 5.97 Å².